The summed E-state index contributed by atoms with van der Waals surface area (Å²) in [6.45, 7) is 0. The minimum Gasteiger partial charge on any atom is -0.493 e. The van der Waals surface area contributed by atoms with E-state index in [4.69, 9.17) is 9.47 Å². The number of carbonyl (C=O) groups is 1. The molecule has 6 heteroatoms. The molecule has 0 aromatic heterocycles. The second-order valence-electron chi connectivity index (χ2n) is 4.95. The third-order valence-corrected chi connectivity index (χ3v) is 3.65. The van der Waals surface area contributed by atoms with Crippen LogP contribution in [0.5, 0.6) is 11.5 Å². The SMILES string of the molecule is COc1cccc2c1OC(O)(c1ccccc1)C(O)(O)C2=O. The Morgan fingerprint density at radius 1 is 1.00 bits per heavy atom. The molecule has 22 heavy (non-hydrogen) atoms. The summed E-state index contributed by atoms with van der Waals surface area (Å²) in [4.78, 5) is 12.4. The van der Waals surface area contributed by atoms with Crippen LogP contribution in [0.1, 0.15) is 15.9 Å². The third-order valence-electron chi connectivity index (χ3n) is 3.65. The number of carbonyl (C=O) groups excluding carboxylic acids is 1. The molecule has 0 amide bonds. The monoisotopic (exact) mass is 302 g/mol. The lowest BCUT2D eigenvalue weighted by Gasteiger charge is -2.42. The van der Waals surface area contributed by atoms with E-state index in [1.807, 2.05) is 0 Å². The molecule has 114 valence electrons. The van der Waals surface area contributed by atoms with Crippen molar-refractivity contribution in [1.29, 1.82) is 0 Å². The molecule has 6 nitrogen and oxygen atoms in total. The van der Waals surface area contributed by atoms with Gasteiger partial charge in [-0.15, -0.1) is 0 Å². The van der Waals surface area contributed by atoms with Crippen molar-refractivity contribution in [1.82, 2.24) is 0 Å². The van der Waals surface area contributed by atoms with Gasteiger partial charge in [0, 0.05) is 5.56 Å². The van der Waals surface area contributed by atoms with Crippen LogP contribution in [0.15, 0.2) is 48.5 Å². The Kier molecular flexibility index (Phi) is 3.17. The molecule has 1 aliphatic rings. The van der Waals surface area contributed by atoms with Crippen molar-refractivity contribution in [3.63, 3.8) is 0 Å². The van der Waals surface area contributed by atoms with Crippen molar-refractivity contribution in [3.8, 4) is 11.5 Å². The van der Waals surface area contributed by atoms with Gasteiger partial charge in [-0.25, -0.2) is 0 Å². The van der Waals surface area contributed by atoms with Crippen LogP contribution in [0.4, 0.5) is 0 Å². The second kappa shape index (κ2) is 4.81. The number of benzene rings is 2. The van der Waals surface area contributed by atoms with Gasteiger partial charge >= 0.3 is 5.79 Å². The first-order valence-corrected chi connectivity index (χ1v) is 6.55. The highest BCUT2D eigenvalue weighted by atomic mass is 16.7. The van der Waals surface area contributed by atoms with Crippen LogP contribution in [0, 0.1) is 0 Å². The van der Waals surface area contributed by atoms with Gasteiger partial charge in [-0.05, 0) is 12.1 Å². The van der Waals surface area contributed by atoms with Gasteiger partial charge in [-0.3, -0.25) is 4.79 Å². The summed E-state index contributed by atoms with van der Waals surface area (Å²) in [7, 11) is 1.38. The summed E-state index contributed by atoms with van der Waals surface area (Å²) in [5.41, 5.74) is -0.0464. The summed E-state index contributed by atoms with van der Waals surface area (Å²) in [5, 5.41) is 31.1. The average molecular weight is 302 g/mol. The highest BCUT2D eigenvalue weighted by Gasteiger charge is 2.62. The number of methoxy groups -OCH3 is 1. The van der Waals surface area contributed by atoms with Crippen LogP contribution in [0.3, 0.4) is 0 Å². The molecule has 3 rings (SSSR count). The fraction of sp³-hybridized carbons (Fsp3) is 0.188. The van der Waals surface area contributed by atoms with Gasteiger partial charge in [0.25, 0.3) is 5.79 Å². The molecule has 3 N–H and O–H groups in total. The maximum atomic E-state index is 12.4. The summed E-state index contributed by atoms with van der Waals surface area (Å²) in [6.07, 6.45) is 0. The van der Waals surface area contributed by atoms with Crippen molar-refractivity contribution in [2.45, 2.75) is 11.6 Å². The van der Waals surface area contributed by atoms with Crippen molar-refractivity contribution < 1.29 is 29.6 Å². The Hall–Kier alpha value is -2.41. The normalized spacial score (nSPS) is 22.6. The number of fused-ring (bicyclic) bond motifs is 1. The maximum Gasteiger partial charge on any atom is 0.301 e. The largest absolute Gasteiger partial charge is 0.493 e. The van der Waals surface area contributed by atoms with E-state index in [2.05, 4.69) is 0 Å². The Morgan fingerprint density at radius 3 is 2.32 bits per heavy atom. The number of para-hydroxylation sites is 1. The molecule has 0 aliphatic carbocycles. The minimum atomic E-state index is -3.13. The number of rotatable bonds is 2. The van der Waals surface area contributed by atoms with E-state index >= 15 is 0 Å². The second-order valence-corrected chi connectivity index (χ2v) is 4.95. The van der Waals surface area contributed by atoms with Crippen LogP contribution < -0.4 is 9.47 Å². The first-order valence-electron chi connectivity index (χ1n) is 6.55. The highest BCUT2D eigenvalue weighted by Crippen LogP contribution is 2.46. The average Bonchev–Trinajstić information content (AvgIpc) is 2.53. The molecule has 2 aromatic carbocycles. The smallest absolute Gasteiger partial charge is 0.301 e. The molecule has 0 spiro atoms. The molecule has 0 radical (unpaired) electrons. The Labute approximate surface area is 126 Å². The topological polar surface area (TPSA) is 96.2 Å². The lowest BCUT2D eigenvalue weighted by atomic mass is 9.87. The molecule has 1 unspecified atom stereocenters. The first kappa shape index (κ1) is 14.5. The number of hydrogen-bond acceptors (Lipinski definition) is 6. The van der Waals surface area contributed by atoms with E-state index in [1.54, 1.807) is 24.3 Å². The fourth-order valence-electron chi connectivity index (χ4n) is 2.45. The zero-order chi connectivity index (χ0) is 16.0. The lowest BCUT2D eigenvalue weighted by molar-refractivity contribution is -0.328. The molecular weight excluding hydrogens is 288 g/mol. The molecule has 0 bridgehead atoms. The lowest BCUT2D eigenvalue weighted by Crippen LogP contribution is -2.62. The van der Waals surface area contributed by atoms with E-state index in [9.17, 15) is 20.1 Å². The van der Waals surface area contributed by atoms with Gasteiger partial charge in [0.05, 0.1) is 12.7 Å². The Morgan fingerprint density at radius 2 is 1.68 bits per heavy atom. The third kappa shape index (κ3) is 1.82. The first-order chi connectivity index (χ1) is 10.4. The summed E-state index contributed by atoms with van der Waals surface area (Å²) in [5.74, 6) is -6.68. The van der Waals surface area contributed by atoms with Crippen molar-refractivity contribution in [2.24, 2.45) is 0 Å². The van der Waals surface area contributed by atoms with Crippen LogP contribution in [-0.4, -0.2) is 34.0 Å². The fourth-order valence-corrected chi connectivity index (χ4v) is 2.45. The van der Waals surface area contributed by atoms with Gasteiger partial charge in [-0.2, -0.15) is 0 Å². The Balaban J connectivity index is 2.24. The molecule has 0 saturated carbocycles. The van der Waals surface area contributed by atoms with E-state index < -0.39 is 17.4 Å². The quantitative estimate of drug-likeness (QED) is 0.710. The highest BCUT2D eigenvalue weighted by molar-refractivity contribution is 6.05. The van der Waals surface area contributed by atoms with Crippen LogP contribution in [0.2, 0.25) is 0 Å². The number of ketones is 1. The zero-order valence-corrected chi connectivity index (χ0v) is 11.7. The molecule has 0 saturated heterocycles. The summed E-state index contributed by atoms with van der Waals surface area (Å²) < 4.78 is 10.5. The van der Waals surface area contributed by atoms with Gasteiger partial charge in [0.15, 0.2) is 11.5 Å². The summed E-state index contributed by atoms with van der Waals surface area (Å²) in [6, 6.07) is 12.1. The van der Waals surface area contributed by atoms with E-state index in [-0.39, 0.29) is 22.6 Å². The van der Waals surface area contributed by atoms with Crippen molar-refractivity contribution >= 4 is 5.78 Å². The number of aliphatic hydroxyl groups is 3. The minimum absolute atomic E-state index is 0.0323. The molecule has 2 aromatic rings. The maximum absolute atomic E-state index is 12.4. The standard InChI is InChI=1S/C16H14O6/c1-21-12-9-5-8-11-13(12)22-16(20,15(18,19)14(11)17)10-6-3-2-4-7-10/h2-9,18-20H,1H3. The van der Waals surface area contributed by atoms with Gasteiger partial charge in [0.1, 0.15) is 0 Å². The van der Waals surface area contributed by atoms with Gasteiger partial charge in [0.2, 0.25) is 5.78 Å². The predicted octanol–water partition coefficient (Wildman–Crippen LogP) is 0.796. The van der Waals surface area contributed by atoms with Gasteiger partial charge in [-0.1, -0.05) is 36.4 Å². The van der Waals surface area contributed by atoms with Crippen LogP contribution >= 0.6 is 0 Å². The van der Waals surface area contributed by atoms with Crippen LogP contribution in [-0.2, 0) is 5.79 Å². The summed E-state index contributed by atoms with van der Waals surface area (Å²) >= 11 is 0. The van der Waals surface area contributed by atoms with E-state index in [0.29, 0.717) is 0 Å². The molecule has 1 aliphatic heterocycles. The van der Waals surface area contributed by atoms with Crippen molar-refractivity contribution in [3.05, 3.63) is 59.7 Å². The van der Waals surface area contributed by atoms with Crippen molar-refractivity contribution in [2.75, 3.05) is 7.11 Å². The zero-order valence-electron chi connectivity index (χ0n) is 11.7. The number of ether oxygens (including phenoxy) is 2. The van der Waals surface area contributed by atoms with Crippen LogP contribution in [0.25, 0.3) is 0 Å². The number of hydrogen-bond donors (Lipinski definition) is 3. The van der Waals surface area contributed by atoms with Gasteiger partial charge < -0.3 is 24.8 Å². The predicted molar refractivity (Wildman–Crippen MR) is 75.5 cm³/mol. The molecular formula is C16H14O6. The molecule has 1 atom stereocenters. The van der Waals surface area contributed by atoms with E-state index in [0.717, 1.165) is 0 Å². The number of Topliss-reactive ketones (excluding diaryl/α,β-unsaturated/α-hetero) is 1. The molecule has 0 fully saturated rings. The Bertz CT molecular complexity index is 725. The molecule has 1 heterocycles. The van der Waals surface area contributed by atoms with E-state index in [1.165, 1.54) is 31.4 Å².